The standard InChI is InChI=1S/C11H15NO2/c1-3-14-10(13)11(2,12)9-7-5-4-6-8-9/h4-8H,3,12H2,1-2H3. The first-order chi connectivity index (χ1) is 6.59. The van der Waals surface area contributed by atoms with Crippen molar-refractivity contribution in [1.29, 1.82) is 0 Å². The predicted molar refractivity (Wildman–Crippen MR) is 54.6 cm³/mol. The maximum Gasteiger partial charge on any atom is 0.330 e. The van der Waals surface area contributed by atoms with Crippen LogP contribution in [0.4, 0.5) is 0 Å². The number of carbonyl (C=O) groups excluding carboxylic acids is 1. The highest BCUT2D eigenvalue weighted by molar-refractivity contribution is 5.81. The average Bonchev–Trinajstić information content (AvgIpc) is 2.19. The number of carbonyl (C=O) groups is 1. The van der Waals surface area contributed by atoms with Crippen molar-refractivity contribution in [2.45, 2.75) is 19.4 Å². The zero-order valence-corrected chi connectivity index (χ0v) is 8.49. The van der Waals surface area contributed by atoms with Crippen molar-refractivity contribution in [3.8, 4) is 0 Å². The first-order valence-electron chi connectivity index (χ1n) is 4.60. The van der Waals surface area contributed by atoms with Crippen LogP contribution in [0.15, 0.2) is 30.3 Å². The van der Waals surface area contributed by atoms with Crippen LogP contribution in [-0.4, -0.2) is 12.6 Å². The Kier molecular flexibility index (Phi) is 3.25. The van der Waals surface area contributed by atoms with Crippen LogP contribution in [0, 0.1) is 0 Å². The van der Waals surface area contributed by atoms with Gasteiger partial charge in [0.05, 0.1) is 6.61 Å². The molecule has 0 saturated heterocycles. The fraction of sp³-hybridized carbons (Fsp3) is 0.364. The van der Waals surface area contributed by atoms with Gasteiger partial charge in [-0.25, -0.2) is 4.79 Å². The Morgan fingerprint density at radius 1 is 1.43 bits per heavy atom. The Labute approximate surface area is 83.9 Å². The largest absolute Gasteiger partial charge is 0.464 e. The first kappa shape index (κ1) is 10.7. The zero-order chi connectivity index (χ0) is 10.6. The summed E-state index contributed by atoms with van der Waals surface area (Å²) in [7, 11) is 0. The Morgan fingerprint density at radius 2 is 2.00 bits per heavy atom. The third kappa shape index (κ3) is 2.12. The molecule has 3 nitrogen and oxygen atoms in total. The molecule has 0 spiro atoms. The number of benzene rings is 1. The Hall–Kier alpha value is -1.35. The molecule has 1 aromatic carbocycles. The van der Waals surface area contributed by atoms with Crippen LogP contribution in [0.5, 0.6) is 0 Å². The second kappa shape index (κ2) is 4.24. The molecular formula is C11H15NO2. The Balaban J connectivity index is 2.90. The van der Waals surface area contributed by atoms with E-state index in [-0.39, 0.29) is 0 Å². The maximum atomic E-state index is 11.5. The summed E-state index contributed by atoms with van der Waals surface area (Å²) in [6.07, 6.45) is 0. The van der Waals surface area contributed by atoms with Gasteiger partial charge >= 0.3 is 5.97 Å². The summed E-state index contributed by atoms with van der Waals surface area (Å²) in [4.78, 5) is 11.5. The summed E-state index contributed by atoms with van der Waals surface area (Å²) in [5.74, 6) is -0.397. The number of hydrogen-bond donors (Lipinski definition) is 1. The van der Waals surface area contributed by atoms with Crippen LogP contribution in [-0.2, 0) is 15.1 Å². The summed E-state index contributed by atoms with van der Waals surface area (Å²) in [5, 5.41) is 0. The third-order valence-electron chi connectivity index (χ3n) is 2.07. The van der Waals surface area contributed by atoms with Gasteiger partial charge in [0.1, 0.15) is 5.54 Å². The molecule has 0 aliphatic carbocycles. The van der Waals surface area contributed by atoms with E-state index in [2.05, 4.69) is 0 Å². The highest BCUT2D eigenvalue weighted by Crippen LogP contribution is 2.18. The number of esters is 1. The summed E-state index contributed by atoms with van der Waals surface area (Å²) in [5.41, 5.74) is 5.60. The fourth-order valence-corrected chi connectivity index (χ4v) is 1.18. The van der Waals surface area contributed by atoms with Crippen molar-refractivity contribution in [2.75, 3.05) is 6.61 Å². The Morgan fingerprint density at radius 3 is 2.50 bits per heavy atom. The molecule has 1 unspecified atom stereocenters. The molecule has 1 rings (SSSR count). The van der Waals surface area contributed by atoms with Crippen molar-refractivity contribution in [1.82, 2.24) is 0 Å². The monoisotopic (exact) mass is 193 g/mol. The van der Waals surface area contributed by atoms with Gasteiger partial charge in [0.15, 0.2) is 0 Å². The van der Waals surface area contributed by atoms with Crippen LogP contribution in [0.2, 0.25) is 0 Å². The highest BCUT2D eigenvalue weighted by atomic mass is 16.5. The van der Waals surface area contributed by atoms with Gasteiger partial charge in [-0.05, 0) is 19.4 Å². The van der Waals surface area contributed by atoms with E-state index >= 15 is 0 Å². The fourth-order valence-electron chi connectivity index (χ4n) is 1.18. The molecule has 0 aliphatic heterocycles. The maximum absolute atomic E-state index is 11.5. The lowest BCUT2D eigenvalue weighted by atomic mass is 9.93. The molecule has 2 N–H and O–H groups in total. The molecule has 14 heavy (non-hydrogen) atoms. The molecule has 0 bridgehead atoms. The molecule has 0 aliphatic rings. The van der Waals surface area contributed by atoms with Crippen molar-refractivity contribution < 1.29 is 9.53 Å². The van der Waals surface area contributed by atoms with Crippen LogP contribution in [0.1, 0.15) is 19.4 Å². The van der Waals surface area contributed by atoms with Crippen molar-refractivity contribution in [2.24, 2.45) is 5.73 Å². The zero-order valence-electron chi connectivity index (χ0n) is 8.49. The molecule has 3 heteroatoms. The lowest BCUT2D eigenvalue weighted by Crippen LogP contribution is -2.43. The summed E-state index contributed by atoms with van der Waals surface area (Å²) in [6.45, 7) is 3.76. The first-order valence-corrected chi connectivity index (χ1v) is 4.60. The second-order valence-electron chi connectivity index (χ2n) is 3.29. The van der Waals surface area contributed by atoms with E-state index < -0.39 is 11.5 Å². The van der Waals surface area contributed by atoms with Crippen LogP contribution in [0.25, 0.3) is 0 Å². The van der Waals surface area contributed by atoms with Crippen LogP contribution >= 0.6 is 0 Å². The highest BCUT2D eigenvalue weighted by Gasteiger charge is 2.31. The molecule has 0 aromatic heterocycles. The molecular weight excluding hydrogens is 178 g/mol. The topological polar surface area (TPSA) is 52.3 Å². The molecule has 1 aromatic rings. The van der Waals surface area contributed by atoms with Gasteiger partial charge in [0, 0.05) is 0 Å². The predicted octanol–water partition coefficient (Wildman–Crippen LogP) is 1.42. The second-order valence-corrected chi connectivity index (χ2v) is 3.29. The number of hydrogen-bond acceptors (Lipinski definition) is 3. The smallest absolute Gasteiger partial charge is 0.330 e. The molecule has 0 amide bonds. The minimum Gasteiger partial charge on any atom is -0.464 e. The minimum atomic E-state index is -1.06. The number of nitrogens with two attached hydrogens (primary N) is 1. The van der Waals surface area contributed by atoms with E-state index in [1.54, 1.807) is 13.8 Å². The van der Waals surface area contributed by atoms with E-state index in [0.717, 1.165) is 5.56 Å². The van der Waals surface area contributed by atoms with Crippen molar-refractivity contribution >= 4 is 5.97 Å². The van der Waals surface area contributed by atoms with Crippen molar-refractivity contribution in [3.05, 3.63) is 35.9 Å². The molecule has 0 fully saturated rings. The molecule has 1 atom stereocenters. The molecule has 76 valence electrons. The SMILES string of the molecule is CCOC(=O)C(C)(N)c1ccccc1. The normalized spacial score (nSPS) is 14.5. The average molecular weight is 193 g/mol. The summed E-state index contributed by atoms with van der Waals surface area (Å²) < 4.78 is 4.90. The third-order valence-corrected chi connectivity index (χ3v) is 2.07. The Bertz CT molecular complexity index is 306. The number of ether oxygens (including phenoxy) is 1. The van der Waals surface area contributed by atoms with E-state index in [1.807, 2.05) is 30.3 Å². The lowest BCUT2D eigenvalue weighted by Gasteiger charge is -2.22. The van der Waals surface area contributed by atoms with E-state index in [0.29, 0.717) is 6.61 Å². The van der Waals surface area contributed by atoms with Gasteiger partial charge in [0.2, 0.25) is 0 Å². The van der Waals surface area contributed by atoms with E-state index in [9.17, 15) is 4.79 Å². The molecule has 0 radical (unpaired) electrons. The van der Waals surface area contributed by atoms with Gasteiger partial charge in [-0.3, -0.25) is 0 Å². The van der Waals surface area contributed by atoms with Gasteiger partial charge in [0.25, 0.3) is 0 Å². The van der Waals surface area contributed by atoms with Crippen LogP contribution in [0.3, 0.4) is 0 Å². The van der Waals surface area contributed by atoms with E-state index in [1.165, 1.54) is 0 Å². The molecule has 0 saturated carbocycles. The number of rotatable bonds is 3. The van der Waals surface area contributed by atoms with Gasteiger partial charge in [-0.15, -0.1) is 0 Å². The van der Waals surface area contributed by atoms with E-state index in [4.69, 9.17) is 10.5 Å². The minimum absolute atomic E-state index is 0.346. The molecule has 0 heterocycles. The van der Waals surface area contributed by atoms with Gasteiger partial charge in [-0.1, -0.05) is 30.3 Å². The van der Waals surface area contributed by atoms with Gasteiger partial charge in [-0.2, -0.15) is 0 Å². The van der Waals surface area contributed by atoms with Gasteiger partial charge < -0.3 is 10.5 Å². The van der Waals surface area contributed by atoms with Crippen LogP contribution < -0.4 is 5.73 Å². The quantitative estimate of drug-likeness (QED) is 0.739. The lowest BCUT2D eigenvalue weighted by molar-refractivity contribution is -0.149. The summed E-state index contributed by atoms with van der Waals surface area (Å²) in [6, 6.07) is 9.21. The van der Waals surface area contributed by atoms with Crippen molar-refractivity contribution in [3.63, 3.8) is 0 Å². The summed E-state index contributed by atoms with van der Waals surface area (Å²) >= 11 is 0.